The minimum Gasteiger partial charge on any atom is -0.309 e. The maximum absolute atomic E-state index is 2.46. The van der Waals surface area contributed by atoms with E-state index in [1.54, 1.807) is 0 Å². The standard InChI is InChI=1S/C42H28N2S/c1-4-14-29(15-5-1)31-24-32(30-16-6-2-7-17-30)26-34(25-31)44-37-21-11-10-20-35(37)36-27-42-40(28-39(36)44)43(33-18-8-3-9-19-33)38-22-12-13-23-41(38)45-42/h1-28H. The maximum Gasteiger partial charge on any atom is 0.0622 e. The van der Waals surface area contributed by atoms with Crippen LogP contribution >= 0.6 is 11.8 Å². The monoisotopic (exact) mass is 592 g/mol. The molecule has 0 atom stereocenters. The number of hydrogen-bond donors (Lipinski definition) is 0. The Morgan fingerprint density at radius 3 is 1.67 bits per heavy atom. The molecule has 1 aromatic heterocycles. The highest BCUT2D eigenvalue weighted by molar-refractivity contribution is 7.99. The number of rotatable bonds is 4. The second-order valence-corrected chi connectivity index (χ2v) is 12.5. The van der Waals surface area contributed by atoms with E-state index in [2.05, 4.69) is 179 Å². The molecule has 0 aliphatic carbocycles. The molecule has 0 unspecified atom stereocenters. The molecule has 8 aromatic rings. The van der Waals surface area contributed by atoms with Crippen LogP contribution < -0.4 is 4.90 Å². The summed E-state index contributed by atoms with van der Waals surface area (Å²) < 4.78 is 2.46. The zero-order chi connectivity index (χ0) is 29.7. The van der Waals surface area contributed by atoms with Gasteiger partial charge in [0.25, 0.3) is 0 Å². The van der Waals surface area contributed by atoms with Gasteiger partial charge >= 0.3 is 0 Å². The second-order valence-electron chi connectivity index (χ2n) is 11.4. The second kappa shape index (κ2) is 10.6. The van der Waals surface area contributed by atoms with Crippen LogP contribution in [0.3, 0.4) is 0 Å². The lowest BCUT2D eigenvalue weighted by molar-refractivity contribution is 1.15. The largest absolute Gasteiger partial charge is 0.309 e. The van der Waals surface area contributed by atoms with Crippen molar-refractivity contribution in [2.75, 3.05) is 4.90 Å². The number of benzene rings is 7. The molecule has 0 saturated carbocycles. The number of aromatic nitrogens is 1. The number of nitrogens with zero attached hydrogens (tertiary/aromatic N) is 2. The zero-order valence-corrected chi connectivity index (χ0v) is 25.3. The summed E-state index contributed by atoms with van der Waals surface area (Å²) in [4.78, 5) is 4.94. The normalized spacial score (nSPS) is 12.3. The first-order valence-corrected chi connectivity index (χ1v) is 16.1. The topological polar surface area (TPSA) is 8.17 Å². The smallest absolute Gasteiger partial charge is 0.0622 e. The Balaban J connectivity index is 1.35. The van der Waals surface area contributed by atoms with E-state index in [9.17, 15) is 0 Å². The lowest BCUT2D eigenvalue weighted by Gasteiger charge is -2.33. The fourth-order valence-corrected chi connectivity index (χ4v) is 7.76. The molecule has 45 heavy (non-hydrogen) atoms. The van der Waals surface area contributed by atoms with E-state index in [1.807, 2.05) is 11.8 Å². The average molecular weight is 593 g/mol. The molecule has 0 saturated heterocycles. The lowest BCUT2D eigenvalue weighted by Crippen LogP contribution is -2.14. The van der Waals surface area contributed by atoms with E-state index in [4.69, 9.17) is 0 Å². The molecule has 2 nitrogen and oxygen atoms in total. The van der Waals surface area contributed by atoms with Crippen molar-refractivity contribution in [3.05, 3.63) is 170 Å². The molecule has 0 fully saturated rings. The van der Waals surface area contributed by atoms with E-state index < -0.39 is 0 Å². The van der Waals surface area contributed by atoms with Crippen molar-refractivity contribution >= 4 is 50.6 Å². The van der Waals surface area contributed by atoms with Crippen LogP contribution in [0.2, 0.25) is 0 Å². The first kappa shape index (κ1) is 25.9. The van der Waals surface area contributed by atoms with E-state index in [0.717, 1.165) is 11.4 Å². The van der Waals surface area contributed by atoms with E-state index in [1.165, 1.54) is 65.2 Å². The highest BCUT2D eigenvalue weighted by Gasteiger charge is 2.27. The fraction of sp³-hybridized carbons (Fsp3) is 0. The average Bonchev–Trinajstić information content (AvgIpc) is 3.43. The number of para-hydroxylation sites is 3. The van der Waals surface area contributed by atoms with Crippen LogP contribution in [-0.2, 0) is 0 Å². The van der Waals surface area contributed by atoms with Gasteiger partial charge in [0.05, 0.1) is 22.4 Å². The van der Waals surface area contributed by atoms with Crippen LogP contribution in [0, 0.1) is 0 Å². The predicted molar refractivity (Wildman–Crippen MR) is 190 cm³/mol. The van der Waals surface area contributed by atoms with Crippen LogP contribution in [0.1, 0.15) is 0 Å². The van der Waals surface area contributed by atoms with Gasteiger partial charge < -0.3 is 9.47 Å². The molecule has 0 N–H and O–H groups in total. The van der Waals surface area contributed by atoms with Crippen molar-refractivity contribution in [3.8, 4) is 27.9 Å². The van der Waals surface area contributed by atoms with E-state index >= 15 is 0 Å². The third-order valence-electron chi connectivity index (χ3n) is 8.72. The predicted octanol–water partition coefficient (Wildman–Crippen LogP) is 12.1. The Morgan fingerprint density at radius 2 is 0.956 bits per heavy atom. The van der Waals surface area contributed by atoms with Crippen molar-refractivity contribution < 1.29 is 0 Å². The quantitative estimate of drug-likeness (QED) is 0.201. The van der Waals surface area contributed by atoms with Gasteiger partial charge in [-0.05, 0) is 82.9 Å². The molecular weight excluding hydrogens is 565 g/mol. The summed E-state index contributed by atoms with van der Waals surface area (Å²) in [7, 11) is 0. The van der Waals surface area contributed by atoms with Gasteiger partial charge in [0.1, 0.15) is 0 Å². The summed E-state index contributed by atoms with van der Waals surface area (Å²) in [5, 5.41) is 2.52. The van der Waals surface area contributed by atoms with Crippen LogP contribution in [-0.4, -0.2) is 4.57 Å². The van der Waals surface area contributed by atoms with Crippen molar-refractivity contribution in [3.63, 3.8) is 0 Å². The van der Waals surface area contributed by atoms with Crippen LogP contribution in [0.4, 0.5) is 17.1 Å². The van der Waals surface area contributed by atoms with Gasteiger partial charge in [-0.15, -0.1) is 0 Å². The molecule has 0 amide bonds. The van der Waals surface area contributed by atoms with Gasteiger partial charge in [-0.2, -0.15) is 0 Å². The number of hydrogen-bond acceptors (Lipinski definition) is 2. The van der Waals surface area contributed by atoms with Gasteiger partial charge in [0.2, 0.25) is 0 Å². The third-order valence-corrected chi connectivity index (χ3v) is 9.84. The highest BCUT2D eigenvalue weighted by Crippen LogP contribution is 2.53. The molecule has 212 valence electrons. The molecule has 3 heteroatoms. The van der Waals surface area contributed by atoms with E-state index in [0.29, 0.717) is 0 Å². The Morgan fingerprint density at radius 1 is 0.356 bits per heavy atom. The molecule has 7 aromatic carbocycles. The molecule has 1 aliphatic heterocycles. The highest BCUT2D eigenvalue weighted by atomic mass is 32.2. The number of fused-ring (bicyclic) bond motifs is 5. The molecular formula is C42H28N2S. The maximum atomic E-state index is 2.46. The summed E-state index contributed by atoms with van der Waals surface area (Å²) in [6.45, 7) is 0. The summed E-state index contributed by atoms with van der Waals surface area (Å²) >= 11 is 1.86. The first-order chi connectivity index (χ1) is 22.3. The summed E-state index contributed by atoms with van der Waals surface area (Å²) in [5.41, 5.74) is 11.9. The first-order valence-electron chi connectivity index (χ1n) is 15.3. The summed E-state index contributed by atoms with van der Waals surface area (Å²) in [5.74, 6) is 0. The van der Waals surface area contributed by atoms with Gasteiger partial charge in [-0.3, -0.25) is 0 Å². The Kier molecular flexibility index (Phi) is 6.10. The molecule has 9 rings (SSSR count). The van der Waals surface area contributed by atoms with Crippen molar-refractivity contribution in [1.82, 2.24) is 4.57 Å². The van der Waals surface area contributed by atoms with Gasteiger partial charge in [0, 0.05) is 31.9 Å². The number of anilines is 3. The minimum atomic E-state index is 1.15. The molecule has 1 aliphatic rings. The van der Waals surface area contributed by atoms with Crippen molar-refractivity contribution in [2.45, 2.75) is 9.79 Å². The summed E-state index contributed by atoms with van der Waals surface area (Å²) in [6.07, 6.45) is 0. The lowest BCUT2D eigenvalue weighted by atomic mass is 9.98. The molecule has 0 radical (unpaired) electrons. The Labute approximate surface area is 266 Å². The fourth-order valence-electron chi connectivity index (χ4n) is 6.69. The van der Waals surface area contributed by atoms with Gasteiger partial charge in [0.15, 0.2) is 0 Å². The van der Waals surface area contributed by atoms with E-state index in [-0.39, 0.29) is 0 Å². The summed E-state index contributed by atoms with van der Waals surface area (Å²) in [6, 6.07) is 61.5. The van der Waals surface area contributed by atoms with Crippen LogP contribution in [0.25, 0.3) is 49.7 Å². The van der Waals surface area contributed by atoms with Crippen LogP contribution in [0.5, 0.6) is 0 Å². The Hall–Kier alpha value is -5.51. The van der Waals surface area contributed by atoms with Gasteiger partial charge in [-0.25, -0.2) is 0 Å². The molecule has 2 heterocycles. The molecule has 0 bridgehead atoms. The minimum absolute atomic E-state index is 1.15. The van der Waals surface area contributed by atoms with Crippen molar-refractivity contribution in [1.29, 1.82) is 0 Å². The van der Waals surface area contributed by atoms with Gasteiger partial charge in [-0.1, -0.05) is 121 Å². The van der Waals surface area contributed by atoms with Crippen LogP contribution in [0.15, 0.2) is 180 Å². The Bertz CT molecular complexity index is 2280. The zero-order valence-electron chi connectivity index (χ0n) is 24.5. The SMILES string of the molecule is c1ccc(-c2cc(-c3ccccc3)cc(-n3c4ccccc4c4cc5c(cc43)N(c3ccccc3)c3ccccc3S5)c2)cc1. The third kappa shape index (κ3) is 4.35. The van der Waals surface area contributed by atoms with Crippen molar-refractivity contribution in [2.24, 2.45) is 0 Å². The molecule has 0 spiro atoms.